The molecule has 0 bridgehead atoms. The lowest BCUT2D eigenvalue weighted by molar-refractivity contribution is -0.116. The molecule has 1 saturated heterocycles. The molecule has 0 spiro atoms. The standard InChI is InChI=1S/C31H34N6O2/c1-19-7-12-24-23(28(19)37-27(38)17-21-9-10-21)11-8-20(2)29(24)39-30-25(6-4-15-33-30)26-13-16-34-31(36-26)35-22-5-3-14-32-18-22/h4,6-8,11-13,15-16,21-22,32H,3,5,9-10,14,17-18H2,1-2H3,(H,37,38)(H,34,35,36)/t22-/m0/s1. The van der Waals surface area contributed by atoms with E-state index < -0.39 is 0 Å². The van der Waals surface area contributed by atoms with Crippen molar-refractivity contribution in [1.29, 1.82) is 0 Å². The highest BCUT2D eigenvalue weighted by atomic mass is 16.5. The lowest BCUT2D eigenvalue weighted by atomic mass is 10.0. The maximum absolute atomic E-state index is 12.7. The van der Waals surface area contributed by atoms with Crippen LogP contribution in [0.1, 0.15) is 43.2 Å². The zero-order chi connectivity index (χ0) is 26.8. The summed E-state index contributed by atoms with van der Waals surface area (Å²) >= 11 is 0. The number of nitrogens with one attached hydrogen (secondary N) is 3. The van der Waals surface area contributed by atoms with Crippen molar-refractivity contribution in [2.45, 2.75) is 52.0 Å². The van der Waals surface area contributed by atoms with E-state index >= 15 is 0 Å². The highest BCUT2D eigenvalue weighted by Gasteiger charge is 2.25. The van der Waals surface area contributed by atoms with Crippen LogP contribution in [-0.4, -0.2) is 40.0 Å². The lowest BCUT2D eigenvalue weighted by Gasteiger charge is -2.23. The normalized spacial score (nSPS) is 17.1. The molecule has 4 aromatic rings. The van der Waals surface area contributed by atoms with Gasteiger partial charge in [-0.2, -0.15) is 0 Å². The summed E-state index contributed by atoms with van der Waals surface area (Å²) in [5, 5.41) is 11.9. The van der Waals surface area contributed by atoms with Gasteiger partial charge in [0, 0.05) is 42.2 Å². The average molecular weight is 523 g/mol. The quantitative estimate of drug-likeness (QED) is 0.261. The first kappa shape index (κ1) is 25.2. The van der Waals surface area contributed by atoms with Gasteiger partial charge in [0.05, 0.1) is 16.9 Å². The van der Waals surface area contributed by atoms with Gasteiger partial charge in [0.2, 0.25) is 17.7 Å². The molecule has 8 nitrogen and oxygen atoms in total. The number of hydrogen-bond donors (Lipinski definition) is 3. The van der Waals surface area contributed by atoms with Gasteiger partial charge in [0.15, 0.2) is 0 Å². The molecule has 1 atom stereocenters. The van der Waals surface area contributed by atoms with E-state index in [9.17, 15) is 4.79 Å². The Hall–Kier alpha value is -4.04. The maximum Gasteiger partial charge on any atom is 0.228 e. The van der Waals surface area contributed by atoms with Gasteiger partial charge >= 0.3 is 0 Å². The van der Waals surface area contributed by atoms with Crippen molar-refractivity contribution in [3.05, 3.63) is 66.0 Å². The largest absolute Gasteiger partial charge is 0.437 e. The minimum atomic E-state index is 0.0698. The van der Waals surface area contributed by atoms with E-state index in [1.165, 1.54) is 0 Å². The van der Waals surface area contributed by atoms with E-state index in [2.05, 4.69) is 38.1 Å². The average Bonchev–Trinajstić information content (AvgIpc) is 3.76. The van der Waals surface area contributed by atoms with Crippen LogP contribution < -0.4 is 20.7 Å². The van der Waals surface area contributed by atoms with Crippen LogP contribution in [-0.2, 0) is 4.79 Å². The van der Waals surface area contributed by atoms with Crippen LogP contribution in [0.4, 0.5) is 11.6 Å². The van der Waals surface area contributed by atoms with E-state index in [0.29, 0.717) is 36.0 Å². The summed E-state index contributed by atoms with van der Waals surface area (Å²) in [5.74, 6) is 2.38. The van der Waals surface area contributed by atoms with E-state index in [4.69, 9.17) is 9.72 Å². The highest BCUT2D eigenvalue weighted by molar-refractivity contribution is 6.05. The van der Waals surface area contributed by atoms with E-state index in [1.54, 1.807) is 12.4 Å². The number of fused-ring (bicyclic) bond motifs is 1. The molecule has 2 fully saturated rings. The zero-order valence-corrected chi connectivity index (χ0v) is 22.5. The van der Waals surface area contributed by atoms with E-state index in [-0.39, 0.29) is 5.91 Å². The van der Waals surface area contributed by atoms with Crippen LogP contribution in [0, 0.1) is 19.8 Å². The van der Waals surface area contributed by atoms with Crippen molar-refractivity contribution in [3.63, 3.8) is 0 Å². The molecule has 0 radical (unpaired) electrons. The number of carbonyl (C=O) groups is 1. The Morgan fingerprint density at radius 3 is 2.67 bits per heavy atom. The van der Waals surface area contributed by atoms with Crippen molar-refractivity contribution in [3.8, 4) is 22.9 Å². The minimum absolute atomic E-state index is 0.0698. The monoisotopic (exact) mass is 522 g/mol. The smallest absolute Gasteiger partial charge is 0.228 e. The summed E-state index contributed by atoms with van der Waals surface area (Å²) in [4.78, 5) is 26.5. The molecule has 200 valence electrons. The molecular formula is C31H34N6O2. The van der Waals surface area contributed by atoms with Gasteiger partial charge in [-0.15, -0.1) is 0 Å². The van der Waals surface area contributed by atoms with E-state index in [0.717, 1.165) is 77.6 Å². The highest BCUT2D eigenvalue weighted by Crippen LogP contribution is 2.40. The van der Waals surface area contributed by atoms with Crippen LogP contribution in [0.25, 0.3) is 22.0 Å². The summed E-state index contributed by atoms with van der Waals surface area (Å²) in [7, 11) is 0. The molecule has 2 aliphatic rings. The topological polar surface area (TPSA) is 101 Å². The number of ether oxygens (including phenoxy) is 1. The first-order chi connectivity index (χ1) is 19.0. The lowest BCUT2D eigenvalue weighted by Crippen LogP contribution is -2.38. The van der Waals surface area contributed by atoms with Crippen molar-refractivity contribution in [2.24, 2.45) is 5.92 Å². The summed E-state index contributed by atoms with van der Waals surface area (Å²) in [5.41, 5.74) is 4.36. The number of nitrogens with zero attached hydrogens (tertiary/aromatic N) is 3. The van der Waals surface area contributed by atoms with Crippen LogP contribution >= 0.6 is 0 Å². The van der Waals surface area contributed by atoms with Crippen LogP contribution in [0.15, 0.2) is 54.9 Å². The first-order valence-corrected chi connectivity index (χ1v) is 13.8. The van der Waals surface area contributed by atoms with Crippen molar-refractivity contribution in [1.82, 2.24) is 20.3 Å². The van der Waals surface area contributed by atoms with Crippen LogP contribution in [0.5, 0.6) is 11.6 Å². The maximum atomic E-state index is 12.7. The number of pyridine rings is 1. The molecule has 2 aromatic carbocycles. The molecule has 39 heavy (non-hydrogen) atoms. The van der Waals surface area contributed by atoms with Gasteiger partial charge in [-0.05, 0) is 81.3 Å². The third-order valence-electron chi connectivity index (χ3n) is 7.52. The predicted octanol–water partition coefficient (Wildman–Crippen LogP) is 6.00. The van der Waals surface area contributed by atoms with Crippen molar-refractivity contribution in [2.75, 3.05) is 23.7 Å². The summed E-state index contributed by atoms with van der Waals surface area (Å²) in [6.07, 6.45) is 8.58. The molecule has 1 amide bonds. The van der Waals surface area contributed by atoms with Crippen LogP contribution in [0.2, 0.25) is 0 Å². The third kappa shape index (κ3) is 5.71. The number of piperidine rings is 1. The number of benzene rings is 2. The number of anilines is 2. The molecule has 8 heteroatoms. The molecule has 1 saturated carbocycles. The van der Waals surface area contributed by atoms with Gasteiger partial charge < -0.3 is 20.7 Å². The summed E-state index contributed by atoms with van der Waals surface area (Å²) in [6.45, 7) is 6.00. The molecule has 1 aliphatic carbocycles. The Morgan fingerprint density at radius 2 is 1.85 bits per heavy atom. The molecular weight excluding hydrogens is 488 g/mol. The predicted molar refractivity (Wildman–Crippen MR) is 154 cm³/mol. The number of aryl methyl sites for hydroxylation is 2. The van der Waals surface area contributed by atoms with Crippen molar-refractivity contribution >= 4 is 28.3 Å². The fourth-order valence-electron chi connectivity index (χ4n) is 5.17. The fraction of sp³-hybridized carbons (Fsp3) is 0.355. The molecule has 3 heterocycles. The Labute approximate surface area is 228 Å². The number of amides is 1. The Bertz CT molecular complexity index is 1510. The van der Waals surface area contributed by atoms with Gasteiger partial charge in [-0.3, -0.25) is 4.79 Å². The second kappa shape index (κ2) is 11.0. The molecule has 3 N–H and O–H groups in total. The third-order valence-corrected chi connectivity index (χ3v) is 7.52. The minimum Gasteiger partial charge on any atom is -0.437 e. The molecule has 2 aromatic heterocycles. The zero-order valence-electron chi connectivity index (χ0n) is 22.5. The van der Waals surface area contributed by atoms with Gasteiger partial charge in [-0.1, -0.05) is 24.3 Å². The number of rotatable bonds is 8. The molecule has 6 rings (SSSR count). The van der Waals surface area contributed by atoms with Crippen LogP contribution in [0.3, 0.4) is 0 Å². The SMILES string of the molecule is Cc1ccc2c(Oc3ncccc3-c3ccnc(N[C@H]4CCCNC4)n3)c(C)ccc2c1NC(=O)CC1CC1. The number of hydrogen-bond acceptors (Lipinski definition) is 7. The summed E-state index contributed by atoms with van der Waals surface area (Å²) < 4.78 is 6.56. The second-order valence-electron chi connectivity index (χ2n) is 10.7. The Kier molecular flexibility index (Phi) is 7.11. The van der Waals surface area contributed by atoms with E-state index in [1.807, 2.05) is 44.2 Å². The second-order valence-corrected chi connectivity index (χ2v) is 10.7. The van der Waals surface area contributed by atoms with Gasteiger partial charge in [0.25, 0.3) is 0 Å². The van der Waals surface area contributed by atoms with Gasteiger partial charge in [0.1, 0.15) is 5.75 Å². The summed E-state index contributed by atoms with van der Waals surface area (Å²) in [6, 6.07) is 14.2. The first-order valence-electron chi connectivity index (χ1n) is 13.8. The fourth-order valence-corrected chi connectivity index (χ4v) is 5.17. The Morgan fingerprint density at radius 1 is 1.00 bits per heavy atom. The van der Waals surface area contributed by atoms with Gasteiger partial charge in [-0.25, -0.2) is 15.0 Å². The molecule has 1 aliphatic heterocycles. The Balaban J connectivity index is 1.32. The van der Waals surface area contributed by atoms with Crippen molar-refractivity contribution < 1.29 is 9.53 Å². The number of carbonyl (C=O) groups excluding carboxylic acids is 1. The number of aromatic nitrogens is 3. The molecule has 0 unspecified atom stereocenters.